The van der Waals surface area contributed by atoms with E-state index in [1.54, 1.807) is 22.2 Å². The number of thiophene rings is 1. The summed E-state index contributed by atoms with van der Waals surface area (Å²) in [6, 6.07) is 0. The molecule has 0 bridgehead atoms. The number of nitrogens with zero attached hydrogens (tertiary/aromatic N) is 4. The van der Waals surface area contributed by atoms with E-state index in [0.717, 1.165) is 22.3 Å². The van der Waals surface area contributed by atoms with E-state index in [-0.39, 0.29) is 6.42 Å². The summed E-state index contributed by atoms with van der Waals surface area (Å²) in [5.74, 6) is 0.258. The second-order valence-corrected chi connectivity index (χ2v) is 6.93. The fourth-order valence-corrected chi connectivity index (χ4v) is 4.55. The van der Waals surface area contributed by atoms with Gasteiger partial charge in [-0.2, -0.15) is 0 Å². The van der Waals surface area contributed by atoms with E-state index in [1.807, 2.05) is 0 Å². The van der Waals surface area contributed by atoms with Crippen LogP contribution < -0.4 is 0 Å². The van der Waals surface area contributed by atoms with E-state index < -0.39 is 5.97 Å². The SMILES string of the molecule is C[C@H]1CCCc2sc3ncn4nc(CCC(=O)O)nc4c3c21. The highest BCUT2D eigenvalue weighted by molar-refractivity contribution is 7.19. The van der Waals surface area contributed by atoms with E-state index >= 15 is 0 Å². The highest BCUT2D eigenvalue weighted by Crippen LogP contribution is 2.42. The summed E-state index contributed by atoms with van der Waals surface area (Å²) in [6.45, 7) is 2.26. The second kappa shape index (κ2) is 5.01. The molecule has 6 nitrogen and oxygen atoms in total. The Hall–Kier alpha value is -2.02. The van der Waals surface area contributed by atoms with Crippen molar-refractivity contribution in [1.82, 2.24) is 19.6 Å². The number of carboxylic acids is 1. The molecule has 0 spiro atoms. The highest BCUT2D eigenvalue weighted by atomic mass is 32.1. The number of fused-ring (bicyclic) bond motifs is 5. The Bertz CT molecular complexity index is 883. The van der Waals surface area contributed by atoms with Crippen LogP contribution in [-0.4, -0.2) is 30.7 Å². The molecular weight excluding hydrogens is 300 g/mol. The number of aryl methyl sites for hydroxylation is 2. The smallest absolute Gasteiger partial charge is 0.303 e. The summed E-state index contributed by atoms with van der Waals surface area (Å²) in [7, 11) is 0. The zero-order valence-electron chi connectivity index (χ0n) is 12.2. The topological polar surface area (TPSA) is 80.4 Å². The lowest BCUT2D eigenvalue weighted by Gasteiger charge is -2.18. The van der Waals surface area contributed by atoms with Gasteiger partial charge in [0.05, 0.1) is 11.8 Å². The average molecular weight is 316 g/mol. The van der Waals surface area contributed by atoms with Crippen molar-refractivity contribution in [2.75, 3.05) is 0 Å². The van der Waals surface area contributed by atoms with Gasteiger partial charge < -0.3 is 5.11 Å². The van der Waals surface area contributed by atoms with Crippen LogP contribution in [-0.2, 0) is 17.6 Å². The quantitative estimate of drug-likeness (QED) is 0.803. The Morgan fingerprint density at radius 2 is 2.41 bits per heavy atom. The summed E-state index contributed by atoms with van der Waals surface area (Å²) in [5.41, 5.74) is 2.19. The van der Waals surface area contributed by atoms with E-state index in [2.05, 4.69) is 22.0 Å². The van der Waals surface area contributed by atoms with Gasteiger partial charge in [0.1, 0.15) is 11.2 Å². The number of aromatic nitrogens is 4. The summed E-state index contributed by atoms with van der Waals surface area (Å²) in [6.07, 6.45) is 5.62. The first-order valence-corrected chi connectivity index (χ1v) is 8.32. The molecule has 0 radical (unpaired) electrons. The third-order valence-electron chi connectivity index (χ3n) is 4.28. The van der Waals surface area contributed by atoms with Crippen LogP contribution in [0.15, 0.2) is 6.33 Å². The lowest BCUT2D eigenvalue weighted by atomic mass is 9.87. The van der Waals surface area contributed by atoms with Crippen molar-refractivity contribution < 1.29 is 9.90 Å². The van der Waals surface area contributed by atoms with Crippen molar-refractivity contribution in [2.45, 2.75) is 44.9 Å². The number of rotatable bonds is 3. The fourth-order valence-electron chi connectivity index (χ4n) is 3.25. The summed E-state index contributed by atoms with van der Waals surface area (Å²) >= 11 is 1.76. The molecular formula is C15H16N4O2S. The maximum atomic E-state index is 10.7. The van der Waals surface area contributed by atoms with Crippen molar-refractivity contribution >= 4 is 33.2 Å². The van der Waals surface area contributed by atoms with Crippen LogP contribution in [0.2, 0.25) is 0 Å². The number of hydrogen-bond donors (Lipinski definition) is 1. The number of aliphatic carboxylic acids is 1. The van der Waals surface area contributed by atoms with Gasteiger partial charge in [-0.15, -0.1) is 16.4 Å². The molecule has 0 saturated heterocycles. The number of hydrogen-bond acceptors (Lipinski definition) is 5. The van der Waals surface area contributed by atoms with Crippen molar-refractivity contribution in [2.24, 2.45) is 0 Å². The van der Waals surface area contributed by atoms with Crippen molar-refractivity contribution in [3.8, 4) is 0 Å². The first kappa shape index (κ1) is 13.6. The Kier molecular flexibility index (Phi) is 3.11. The van der Waals surface area contributed by atoms with Crippen LogP contribution in [0, 0.1) is 0 Å². The van der Waals surface area contributed by atoms with Gasteiger partial charge in [0, 0.05) is 11.3 Å². The number of carboxylic acid groups (broad SMARTS) is 1. The molecule has 1 atom stereocenters. The Morgan fingerprint density at radius 3 is 3.23 bits per heavy atom. The highest BCUT2D eigenvalue weighted by Gasteiger charge is 2.25. The minimum atomic E-state index is -0.830. The molecule has 1 aliphatic carbocycles. The molecule has 114 valence electrons. The molecule has 3 aromatic heterocycles. The summed E-state index contributed by atoms with van der Waals surface area (Å²) < 4.78 is 1.69. The van der Waals surface area contributed by atoms with E-state index in [9.17, 15) is 4.79 Å². The van der Waals surface area contributed by atoms with Gasteiger partial charge >= 0.3 is 5.97 Å². The zero-order chi connectivity index (χ0) is 15.3. The molecule has 0 fully saturated rings. The van der Waals surface area contributed by atoms with Gasteiger partial charge in [-0.3, -0.25) is 4.79 Å². The minimum absolute atomic E-state index is 0.0472. The van der Waals surface area contributed by atoms with Gasteiger partial charge in [-0.05, 0) is 30.7 Å². The van der Waals surface area contributed by atoms with Crippen LogP contribution in [0.4, 0.5) is 0 Å². The third kappa shape index (κ3) is 2.08. The summed E-state index contributed by atoms with van der Waals surface area (Å²) in [4.78, 5) is 22.3. The predicted molar refractivity (Wildman–Crippen MR) is 83.5 cm³/mol. The molecule has 0 amide bonds. The first-order valence-electron chi connectivity index (χ1n) is 7.51. The molecule has 1 aliphatic rings. The Labute approximate surface area is 130 Å². The van der Waals surface area contributed by atoms with Crippen LogP contribution in [0.25, 0.3) is 15.9 Å². The third-order valence-corrected chi connectivity index (χ3v) is 5.46. The normalized spacial score (nSPS) is 18.0. The summed E-state index contributed by atoms with van der Waals surface area (Å²) in [5, 5.41) is 14.3. The molecule has 7 heteroatoms. The predicted octanol–water partition coefficient (Wildman–Crippen LogP) is 2.80. The zero-order valence-corrected chi connectivity index (χ0v) is 13.1. The van der Waals surface area contributed by atoms with Crippen LogP contribution >= 0.6 is 11.3 Å². The van der Waals surface area contributed by atoms with E-state index in [4.69, 9.17) is 5.11 Å². The fraction of sp³-hybridized carbons (Fsp3) is 0.467. The van der Waals surface area contributed by atoms with E-state index in [1.165, 1.54) is 23.3 Å². The van der Waals surface area contributed by atoms with Crippen LogP contribution in [0.5, 0.6) is 0 Å². The van der Waals surface area contributed by atoms with E-state index in [0.29, 0.717) is 18.2 Å². The average Bonchev–Trinajstić information content (AvgIpc) is 3.05. The maximum Gasteiger partial charge on any atom is 0.303 e. The van der Waals surface area contributed by atoms with Crippen molar-refractivity contribution in [3.05, 3.63) is 22.6 Å². The molecule has 1 N–H and O–H groups in total. The van der Waals surface area contributed by atoms with Crippen molar-refractivity contribution in [3.63, 3.8) is 0 Å². The maximum absolute atomic E-state index is 10.7. The molecule has 3 heterocycles. The molecule has 3 aromatic rings. The molecule has 0 unspecified atom stereocenters. The van der Waals surface area contributed by atoms with Gasteiger partial charge in [-0.1, -0.05) is 6.92 Å². The molecule has 22 heavy (non-hydrogen) atoms. The van der Waals surface area contributed by atoms with Gasteiger partial charge in [0.25, 0.3) is 0 Å². The monoisotopic (exact) mass is 316 g/mol. The largest absolute Gasteiger partial charge is 0.481 e. The van der Waals surface area contributed by atoms with Crippen LogP contribution in [0.1, 0.15) is 48.4 Å². The van der Waals surface area contributed by atoms with Gasteiger partial charge in [0.2, 0.25) is 0 Å². The molecule has 0 saturated carbocycles. The lowest BCUT2D eigenvalue weighted by Crippen LogP contribution is -2.04. The van der Waals surface area contributed by atoms with Crippen LogP contribution in [0.3, 0.4) is 0 Å². The minimum Gasteiger partial charge on any atom is -0.481 e. The van der Waals surface area contributed by atoms with Crippen molar-refractivity contribution in [1.29, 1.82) is 0 Å². The molecule has 0 aromatic carbocycles. The lowest BCUT2D eigenvalue weighted by molar-refractivity contribution is -0.137. The van der Waals surface area contributed by atoms with Gasteiger partial charge in [-0.25, -0.2) is 14.5 Å². The molecule has 4 rings (SSSR count). The van der Waals surface area contributed by atoms with Gasteiger partial charge in [0.15, 0.2) is 11.5 Å². The standard InChI is InChI=1S/C15H16N4O2S/c1-8-3-2-4-9-12(8)13-14-17-10(5-6-11(20)21)18-19(14)7-16-15(13)22-9/h7-8H,2-6H2,1H3,(H,20,21)/t8-/m0/s1. The Morgan fingerprint density at radius 1 is 1.55 bits per heavy atom. The number of carbonyl (C=O) groups is 1. The second-order valence-electron chi connectivity index (χ2n) is 5.85. The molecule has 0 aliphatic heterocycles. The Balaban J connectivity index is 1.90. The first-order chi connectivity index (χ1) is 10.6.